The van der Waals surface area contributed by atoms with Crippen LogP contribution in [0.5, 0.6) is 0 Å². The zero-order valence-electron chi connectivity index (χ0n) is 11.0. The molecule has 0 radical (unpaired) electrons. The Hall–Kier alpha value is -1.47. The Bertz CT molecular complexity index is 605. The van der Waals surface area contributed by atoms with Crippen molar-refractivity contribution in [3.63, 3.8) is 0 Å². The SMILES string of the molecule is COC(=O)c1ccc(F)cc1S(=O)(=O)CC1CCOC1. The molecule has 0 amide bonds. The van der Waals surface area contributed by atoms with E-state index in [1.54, 1.807) is 0 Å². The molecule has 1 fully saturated rings. The van der Waals surface area contributed by atoms with Gasteiger partial charge < -0.3 is 9.47 Å². The maximum Gasteiger partial charge on any atom is 0.339 e. The lowest BCUT2D eigenvalue weighted by molar-refractivity contribution is 0.0596. The highest BCUT2D eigenvalue weighted by atomic mass is 32.2. The lowest BCUT2D eigenvalue weighted by atomic mass is 10.2. The monoisotopic (exact) mass is 302 g/mol. The van der Waals surface area contributed by atoms with E-state index < -0.39 is 21.6 Å². The van der Waals surface area contributed by atoms with Crippen LogP contribution < -0.4 is 0 Å². The first kappa shape index (κ1) is 14.9. The Morgan fingerprint density at radius 3 is 2.85 bits per heavy atom. The van der Waals surface area contributed by atoms with E-state index in [1.165, 1.54) is 0 Å². The summed E-state index contributed by atoms with van der Waals surface area (Å²) in [5.74, 6) is -1.81. The van der Waals surface area contributed by atoms with E-state index in [0.717, 1.165) is 25.3 Å². The molecule has 110 valence electrons. The van der Waals surface area contributed by atoms with Gasteiger partial charge in [0.15, 0.2) is 9.84 Å². The number of hydrogen-bond acceptors (Lipinski definition) is 5. The average Bonchev–Trinajstić information content (AvgIpc) is 2.90. The van der Waals surface area contributed by atoms with Crippen molar-refractivity contribution in [3.8, 4) is 0 Å². The normalized spacial score (nSPS) is 19.0. The van der Waals surface area contributed by atoms with Gasteiger partial charge >= 0.3 is 5.97 Å². The van der Waals surface area contributed by atoms with E-state index in [1.807, 2.05) is 0 Å². The minimum Gasteiger partial charge on any atom is -0.465 e. The van der Waals surface area contributed by atoms with Crippen LogP contribution in [0.25, 0.3) is 0 Å². The minimum absolute atomic E-state index is 0.131. The minimum atomic E-state index is -3.77. The van der Waals surface area contributed by atoms with E-state index in [9.17, 15) is 17.6 Å². The molecule has 1 saturated heterocycles. The van der Waals surface area contributed by atoms with Gasteiger partial charge in [-0.25, -0.2) is 17.6 Å². The van der Waals surface area contributed by atoms with Crippen LogP contribution in [0.15, 0.2) is 23.1 Å². The third kappa shape index (κ3) is 3.16. The van der Waals surface area contributed by atoms with E-state index in [2.05, 4.69) is 4.74 Å². The predicted molar refractivity (Wildman–Crippen MR) is 68.7 cm³/mol. The van der Waals surface area contributed by atoms with E-state index in [4.69, 9.17) is 4.74 Å². The first-order valence-corrected chi connectivity index (χ1v) is 7.77. The second-order valence-corrected chi connectivity index (χ2v) is 6.65. The predicted octanol–water partition coefficient (Wildman–Crippen LogP) is 1.42. The zero-order chi connectivity index (χ0) is 14.8. The molecule has 0 spiro atoms. The average molecular weight is 302 g/mol. The van der Waals surface area contributed by atoms with Crippen LogP contribution in [0.1, 0.15) is 16.8 Å². The quantitative estimate of drug-likeness (QED) is 0.787. The lowest BCUT2D eigenvalue weighted by Gasteiger charge is -2.12. The highest BCUT2D eigenvalue weighted by Crippen LogP contribution is 2.24. The molecule has 1 heterocycles. The summed E-state index contributed by atoms with van der Waals surface area (Å²) in [6.45, 7) is 0.884. The molecule has 0 N–H and O–H groups in total. The van der Waals surface area contributed by atoms with Crippen molar-refractivity contribution >= 4 is 15.8 Å². The topological polar surface area (TPSA) is 69.7 Å². The smallest absolute Gasteiger partial charge is 0.339 e. The molecular weight excluding hydrogens is 287 g/mol. The molecule has 20 heavy (non-hydrogen) atoms. The summed E-state index contributed by atoms with van der Waals surface area (Å²) in [5, 5.41) is 0. The fourth-order valence-electron chi connectivity index (χ4n) is 2.15. The first-order valence-electron chi connectivity index (χ1n) is 6.12. The number of ether oxygens (including phenoxy) is 2. The van der Waals surface area contributed by atoms with E-state index in [0.29, 0.717) is 19.6 Å². The number of methoxy groups -OCH3 is 1. The Kier molecular flexibility index (Phi) is 4.39. The van der Waals surface area contributed by atoms with Crippen molar-refractivity contribution in [1.29, 1.82) is 0 Å². The van der Waals surface area contributed by atoms with Crippen molar-refractivity contribution < 1.29 is 27.1 Å². The zero-order valence-corrected chi connectivity index (χ0v) is 11.8. The molecule has 5 nitrogen and oxygen atoms in total. The van der Waals surface area contributed by atoms with Crippen LogP contribution in [0.4, 0.5) is 4.39 Å². The molecule has 0 saturated carbocycles. The van der Waals surface area contributed by atoms with Gasteiger partial charge in [-0.2, -0.15) is 0 Å². The molecule has 1 atom stereocenters. The molecule has 1 aliphatic heterocycles. The van der Waals surface area contributed by atoms with Crippen molar-refractivity contribution in [1.82, 2.24) is 0 Å². The van der Waals surface area contributed by atoms with Crippen molar-refractivity contribution in [3.05, 3.63) is 29.6 Å². The largest absolute Gasteiger partial charge is 0.465 e. The summed E-state index contributed by atoms with van der Waals surface area (Å²) < 4.78 is 47.7. The number of halogens is 1. The lowest BCUT2D eigenvalue weighted by Crippen LogP contribution is -2.19. The van der Waals surface area contributed by atoms with Gasteiger partial charge in [0.25, 0.3) is 0 Å². The fraction of sp³-hybridized carbons (Fsp3) is 0.462. The molecule has 2 rings (SSSR count). The summed E-state index contributed by atoms with van der Waals surface area (Å²) in [7, 11) is -2.63. The van der Waals surface area contributed by atoms with Gasteiger partial charge in [-0.1, -0.05) is 0 Å². The summed E-state index contributed by atoms with van der Waals surface area (Å²) in [6, 6.07) is 3.01. The molecule has 1 aromatic carbocycles. The number of esters is 1. The molecule has 1 aromatic rings. The summed E-state index contributed by atoms with van der Waals surface area (Å²) in [6.07, 6.45) is 0.641. The summed E-state index contributed by atoms with van der Waals surface area (Å²) in [4.78, 5) is 11.3. The maximum atomic E-state index is 13.3. The number of sulfone groups is 1. The molecular formula is C13H15FO5S. The maximum absolute atomic E-state index is 13.3. The third-order valence-electron chi connectivity index (χ3n) is 3.16. The van der Waals surface area contributed by atoms with Crippen LogP contribution in [0.2, 0.25) is 0 Å². The summed E-state index contributed by atoms with van der Waals surface area (Å²) >= 11 is 0. The van der Waals surface area contributed by atoms with Gasteiger partial charge in [-0.15, -0.1) is 0 Å². The van der Waals surface area contributed by atoms with Gasteiger partial charge in [0.05, 0.1) is 29.9 Å². The number of carbonyl (C=O) groups excluding carboxylic acids is 1. The third-order valence-corrected chi connectivity index (χ3v) is 5.08. The Morgan fingerprint density at radius 2 is 2.25 bits per heavy atom. The molecule has 0 bridgehead atoms. The molecule has 0 aromatic heterocycles. The van der Waals surface area contributed by atoms with Gasteiger partial charge in [0, 0.05) is 6.61 Å². The first-order chi connectivity index (χ1) is 9.44. The molecule has 0 aliphatic carbocycles. The number of rotatable bonds is 4. The van der Waals surface area contributed by atoms with Crippen molar-refractivity contribution in [2.75, 3.05) is 26.1 Å². The Balaban J connectivity index is 2.38. The van der Waals surface area contributed by atoms with Crippen molar-refractivity contribution in [2.45, 2.75) is 11.3 Å². The van der Waals surface area contributed by atoms with E-state index >= 15 is 0 Å². The van der Waals surface area contributed by atoms with Gasteiger partial charge in [-0.3, -0.25) is 0 Å². The van der Waals surface area contributed by atoms with Crippen molar-refractivity contribution in [2.24, 2.45) is 5.92 Å². The Labute approximate surface area is 116 Å². The van der Waals surface area contributed by atoms with E-state index in [-0.39, 0.29) is 22.1 Å². The van der Waals surface area contributed by atoms with Gasteiger partial charge in [0.2, 0.25) is 0 Å². The second kappa shape index (κ2) is 5.88. The highest BCUT2D eigenvalue weighted by Gasteiger charge is 2.28. The second-order valence-electron chi connectivity index (χ2n) is 4.64. The summed E-state index contributed by atoms with van der Waals surface area (Å²) in [5.41, 5.74) is -0.146. The molecule has 1 aliphatic rings. The fourth-order valence-corrected chi connectivity index (χ4v) is 3.99. The number of benzene rings is 1. The Morgan fingerprint density at radius 1 is 1.50 bits per heavy atom. The van der Waals surface area contributed by atoms with Gasteiger partial charge in [-0.05, 0) is 30.5 Å². The van der Waals surface area contributed by atoms with Gasteiger partial charge in [0.1, 0.15) is 5.82 Å². The van der Waals surface area contributed by atoms with Crippen LogP contribution in [-0.2, 0) is 19.3 Å². The number of hydrogen-bond donors (Lipinski definition) is 0. The van der Waals surface area contributed by atoms with Crippen LogP contribution in [-0.4, -0.2) is 40.5 Å². The standard InChI is InChI=1S/C13H15FO5S/c1-18-13(15)11-3-2-10(14)6-12(11)20(16,17)8-9-4-5-19-7-9/h2-3,6,9H,4-5,7-8H2,1H3. The number of carbonyl (C=O) groups is 1. The van der Waals surface area contributed by atoms with Crippen LogP contribution >= 0.6 is 0 Å². The highest BCUT2D eigenvalue weighted by molar-refractivity contribution is 7.91. The molecule has 7 heteroatoms. The molecule has 1 unspecified atom stereocenters. The van der Waals surface area contributed by atoms with Crippen LogP contribution in [0, 0.1) is 11.7 Å². The van der Waals surface area contributed by atoms with Crippen LogP contribution in [0.3, 0.4) is 0 Å².